The van der Waals surface area contributed by atoms with Gasteiger partial charge in [0.05, 0.1) is 6.10 Å². The Labute approximate surface area is 104 Å². The number of fused-ring (bicyclic) bond motifs is 1. The Bertz CT molecular complexity index is 468. The summed E-state index contributed by atoms with van der Waals surface area (Å²) in [5.74, 6) is 0.918. The third-order valence-electron chi connectivity index (χ3n) is 3.13. The van der Waals surface area contributed by atoms with Gasteiger partial charge in [0, 0.05) is 12.8 Å². The molecule has 1 aromatic carbocycles. The van der Waals surface area contributed by atoms with Crippen LogP contribution in [0.25, 0.3) is 0 Å². The van der Waals surface area contributed by atoms with Crippen LogP contribution in [0.4, 0.5) is 0 Å². The second kappa shape index (κ2) is 4.51. The molecule has 1 N–H and O–H groups in total. The predicted molar refractivity (Wildman–Crippen MR) is 68.6 cm³/mol. The molecule has 17 heavy (non-hydrogen) atoms. The summed E-state index contributed by atoms with van der Waals surface area (Å²) >= 11 is 1.66. The maximum Gasteiger partial charge on any atom is 0.129 e. The van der Waals surface area contributed by atoms with E-state index in [0.29, 0.717) is 6.42 Å². The van der Waals surface area contributed by atoms with Gasteiger partial charge in [-0.15, -0.1) is 0 Å². The lowest BCUT2D eigenvalue weighted by atomic mass is 10.0. The molecule has 2 heterocycles. The fraction of sp³-hybridized carbons (Fsp3) is 0.286. The number of rotatable bonds is 3. The molecule has 0 saturated heterocycles. The van der Waals surface area contributed by atoms with E-state index in [2.05, 4.69) is 17.5 Å². The van der Waals surface area contributed by atoms with Gasteiger partial charge in [-0.3, -0.25) is 0 Å². The highest BCUT2D eigenvalue weighted by molar-refractivity contribution is 7.07. The number of aliphatic hydroxyl groups excluding tert-OH is 1. The van der Waals surface area contributed by atoms with Crippen molar-refractivity contribution >= 4 is 11.3 Å². The molecular formula is C14H14O2S. The van der Waals surface area contributed by atoms with Crippen LogP contribution in [-0.4, -0.2) is 17.3 Å². The van der Waals surface area contributed by atoms with Gasteiger partial charge in [0.1, 0.15) is 11.9 Å². The SMILES string of the molecule is OC(Cc1ccsc1)C1Cc2ccccc2O1. The molecule has 3 heteroatoms. The van der Waals surface area contributed by atoms with E-state index in [1.165, 1.54) is 11.1 Å². The number of para-hydroxylation sites is 1. The molecule has 0 radical (unpaired) electrons. The van der Waals surface area contributed by atoms with Crippen molar-refractivity contribution in [1.82, 2.24) is 0 Å². The normalized spacial score (nSPS) is 19.7. The number of thiophene rings is 1. The van der Waals surface area contributed by atoms with Crippen molar-refractivity contribution in [2.75, 3.05) is 0 Å². The van der Waals surface area contributed by atoms with Crippen LogP contribution in [0.3, 0.4) is 0 Å². The maximum absolute atomic E-state index is 10.2. The van der Waals surface area contributed by atoms with Gasteiger partial charge in [-0.25, -0.2) is 0 Å². The first-order valence-corrected chi connectivity index (χ1v) is 6.71. The highest BCUT2D eigenvalue weighted by Gasteiger charge is 2.28. The Kier molecular flexibility index (Phi) is 2.87. The van der Waals surface area contributed by atoms with Gasteiger partial charge in [0.15, 0.2) is 0 Å². The molecule has 0 aliphatic carbocycles. The number of benzene rings is 1. The van der Waals surface area contributed by atoms with Crippen molar-refractivity contribution in [2.24, 2.45) is 0 Å². The lowest BCUT2D eigenvalue weighted by molar-refractivity contribution is 0.0503. The monoisotopic (exact) mass is 246 g/mol. The van der Waals surface area contributed by atoms with Crippen molar-refractivity contribution in [1.29, 1.82) is 0 Å². The van der Waals surface area contributed by atoms with Crippen LogP contribution >= 0.6 is 11.3 Å². The zero-order chi connectivity index (χ0) is 11.7. The van der Waals surface area contributed by atoms with E-state index >= 15 is 0 Å². The number of aliphatic hydroxyl groups is 1. The van der Waals surface area contributed by atoms with Gasteiger partial charge >= 0.3 is 0 Å². The van der Waals surface area contributed by atoms with Crippen molar-refractivity contribution in [3.8, 4) is 5.75 Å². The summed E-state index contributed by atoms with van der Waals surface area (Å²) < 4.78 is 5.77. The van der Waals surface area contributed by atoms with Crippen molar-refractivity contribution in [3.05, 3.63) is 52.2 Å². The second-order valence-corrected chi connectivity index (χ2v) is 5.15. The second-order valence-electron chi connectivity index (χ2n) is 4.37. The minimum Gasteiger partial charge on any atom is -0.487 e. The van der Waals surface area contributed by atoms with Crippen LogP contribution in [0, 0.1) is 0 Å². The van der Waals surface area contributed by atoms with E-state index in [9.17, 15) is 5.11 Å². The summed E-state index contributed by atoms with van der Waals surface area (Å²) in [6, 6.07) is 10.1. The average Bonchev–Trinajstić information content (AvgIpc) is 2.96. The first-order chi connectivity index (χ1) is 8.33. The number of ether oxygens (including phenoxy) is 1. The van der Waals surface area contributed by atoms with E-state index in [1.54, 1.807) is 11.3 Å². The molecule has 1 aliphatic heterocycles. The van der Waals surface area contributed by atoms with Crippen molar-refractivity contribution in [2.45, 2.75) is 25.0 Å². The fourth-order valence-corrected chi connectivity index (χ4v) is 2.89. The molecule has 0 saturated carbocycles. The minimum atomic E-state index is -0.433. The quantitative estimate of drug-likeness (QED) is 0.902. The van der Waals surface area contributed by atoms with E-state index in [1.807, 2.05) is 23.6 Å². The Morgan fingerprint density at radius 1 is 1.35 bits per heavy atom. The maximum atomic E-state index is 10.2. The first kappa shape index (κ1) is 10.8. The van der Waals surface area contributed by atoms with Gasteiger partial charge < -0.3 is 9.84 Å². The first-order valence-electron chi connectivity index (χ1n) is 5.76. The van der Waals surface area contributed by atoms with Crippen LogP contribution in [0.2, 0.25) is 0 Å². The highest BCUT2D eigenvalue weighted by atomic mass is 32.1. The van der Waals surface area contributed by atoms with Gasteiger partial charge in [-0.1, -0.05) is 18.2 Å². The lowest BCUT2D eigenvalue weighted by Crippen LogP contribution is -2.31. The molecule has 0 spiro atoms. The van der Waals surface area contributed by atoms with Gasteiger partial charge in [0.25, 0.3) is 0 Å². The van der Waals surface area contributed by atoms with Gasteiger partial charge in [0.2, 0.25) is 0 Å². The molecule has 2 unspecified atom stereocenters. The Morgan fingerprint density at radius 3 is 3.00 bits per heavy atom. The smallest absolute Gasteiger partial charge is 0.129 e. The summed E-state index contributed by atoms with van der Waals surface area (Å²) in [5.41, 5.74) is 2.38. The zero-order valence-corrected chi connectivity index (χ0v) is 10.2. The number of hydrogen-bond acceptors (Lipinski definition) is 3. The highest BCUT2D eigenvalue weighted by Crippen LogP contribution is 2.30. The summed E-state index contributed by atoms with van der Waals surface area (Å²) in [5, 5.41) is 14.3. The fourth-order valence-electron chi connectivity index (χ4n) is 2.21. The van der Waals surface area contributed by atoms with E-state index in [4.69, 9.17) is 4.74 Å². The molecule has 2 aromatic rings. The standard InChI is InChI=1S/C14H14O2S/c15-12(7-10-5-6-17-9-10)14-8-11-3-1-2-4-13(11)16-14/h1-6,9,12,14-15H,7-8H2. The minimum absolute atomic E-state index is 0.104. The van der Waals surface area contributed by atoms with Crippen LogP contribution in [0.15, 0.2) is 41.1 Å². The molecule has 2 nitrogen and oxygen atoms in total. The van der Waals surface area contributed by atoms with E-state index < -0.39 is 6.10 Å². The molecule has 1 aromatic heterocycles. The Balaban J connectivity index is 1.68. The summed E-state index contributed by atoms with van der Waals surface area (Å²) in [6.07, 6.45) is 0.938. The van der Waals surface area contributed by atoms with E-state index in [-0.39, 0.29) is 6.10 Å². The van der Waals surface area contributed by atoms with Gasteiger partial charge in [-0.05, 0) is 34.0 Å². The summed E-state index contributed by atoms with van der Waals surface area (Å²) in [6.45, 7) is 0. The summed E-state index contributed by atoms with van der Waals surface area (Å²) in [4.78, 5) is 0. The molecule has 0 bridgehead atoms. The predicted octanol–water partition coefficient (Wildman–Crippen LogP) is 2.66. The van der Waals surface area contributed by atoms with Crippen molar-refractivity contribution in [3.63, 3.8) is 0 Å². The van der Waals surface area contributed by atoms with Crippen LogP contribution in [0.1, 0.15) is 11.1 Å². The molecule has 0 amide bonds. The van der Waals surface area contributed by atoms with Crippen LogP contribution < -0.4 is 4.74 Å². The largest absolute Gasteiger partial charge is 0.487 e. The third kappa shape index (κ3) is 2.21. The molecule has 1 aliphatic rings. The third-order valence-corrected chi connectivity index (χ3v) is 3.86. The van der Waals surface area contributed by atoms with Crippen LogP contribution in [0.5, 0.6) is 5.75 Å². The molecule has 2 atom stereocenters. The molecule has 3 rings (SSSR count). The average molecular weight is 246 g/mol. The molecular weight excluding hydrogens is 232 g/mol. The number of hydrogen-bond donors (Lipinski definition) is 1. The van der Waals surface area contributed by atoms with Crippen LogP contribution in [-0.2, 0) is 12.8 Å². The van der Waals surface area contributed by atoms with Crippen molar-refractivity contribution < 1.29 is 9.84 Å². The lowest BCUT2D eigenvalue weighted by Gasteiger charge is -2.17. The summed E-state index contributed by atoms with van der Waals surface area (Å²) in [7, 11) is 0. The Hall–Kier alpha value is -1.32. The van der Waals surface area contributed by atoms with E-state index in [0.717, 1.165) is 12.2 Å². The molecule has 88 valence electrons. The topological polar surface area (TPSA) is 29.5 Å². The Morgan fingerprint density at radius 2 is 2.24 bits per heavy atom. The molecule has 0 fully saturated rings. The van der Waals surface area contributed by atoms with Gasteiger partial charge in [-0.2, -0.15) is 11.3 Å². The zero-order valence-electron chi connectivity index (χ0n) is 9.37.